The highest BCUT2D eigenvalue weighted by atomic mass is 16.8. The van der Waals surface area contributed by atoms with Gasteiger partial charge in [0.1, 0.15) is 73.2 Å². The SMILES string of the molecule is CC/C=C\C/C=C\C/C=C\C/C=C\C/C=C\C/C=C\CCCCCCC(=O)NC(COC1OC(CO)C(OC2OC(CO)C(OC3OC(CO)C(O)C(O)C3O)C(O)C2O)C(O)C1O)C(O)/C=C/CCCCCCCCCCCCCCCC. The number of aliphatic hydroxyl groups is 11. The molecule has 1 amide bonds. The van der Waals surface area contributed by atoms with Crippen LogP contribution in [-0.4, -0.2) is 193 Å². The highest BCUT2D eigenvalue weighted by Crippen LogP contribution is 2.33. The Morgan fingerprint density at radius 3 is 1.29 bits per heavy atom. The summed E-state index contributed by atoms with van der Waals surface area (Å²) < 4.78 is 34.3. The normalized spacial score (nSPS) is 29.8. The maximum atomic E-state index is 13.4. The number of hydrogen-bond donors (Lipinski definition) is 12. The summed E-state index contributed by atoms with van der Waals surface area (Å²) in [4.78, 5) is 13.4. The molecule has 0 aromatic rings. The predicted octanol–water partition coefficient (Wildman–Crippen LogP) is 6.76. The zero-order valence-electron chi connectivity index (χ0n) is 50.6. The van der Waals surface area contributed by atoms with Gasteiger partial charge in [-0.3, -0.25) is 4.79 Å². The molecule has 0 aromatic carbocycles. The summed E-state index contributed by atoms with van der Waals surface area (Å²) in [6, 6.07) is -0.992. The van der Waals surface area contributed by atoms with Crippen LogP contribution in [0.15, 0.2) is 85.1 Å². The van der Waals surface area contributed by atoms with Gasteiger partial charge in [-0.15, -0.1) is 0 Å². The summed E-state index contributed by atoms with van der Waals surface area (Å²) in [7, 11) is 0. The fourth-order valence-electron chi connectivity index (χ4n) is 10.3. The number of carbonyl (C=O) groups is 1. The zero-order chi connectivity index (χ0) is 61.2. The maximum absolute atomic E-state index is 13.4. The van der Waals surface area contributed by atoms with Crippen LogP contribution < -0.4 is 5.32 Å². The van der Waals surface area contributed by atoms with Crippen LogP contribution in [-0.2, 0) is 33.2 Å². The van der Waals surface area contributed by atoms with E-state index in [9.17, 15) is 61.0 Å². The highest BCUT2D eigenvalue weighted by molar-refractivity contribution is 5.76. The summed E-state index contributed by atoms with van der Waals surface area (Å²) in [6.45, 7) is 1.58. The van der Waals surface area contributed by atoms with Gasteiger partial charge in [0.25, 0.3) is 0 Å². The second kappa shape index (κ2) is 47.0. The number of unbranched alkanes of at least 4 members (excludes halogenated alkanes) is 18. The minimum atomic E-state index is -1.98. The Labute approximate surface area is 501 Å². The molecule has 17 unspecified atom stereocenters. The number of aliphatic hydroxyl groups excluding tert-OH is 11. The number of carbonyl (C=O) groups excluding carboxylic acids is 1. The van der Waals surface area contributed by atoms with Crippen molar-refractivity contribution in [1.82, 2.24) is 5.32 Å². The van der Waals surface area contributed by atoms with Crippen LogP contribution in [0.2, 0.25) is 0 Å². The Kier molecular flexibility index (Phi) is 42.1. The molecule has 3 fully saturated rings. The third kappa shape index (κ3) is 29.8. The zero-order valence-corrected chi connectivity index (χ0v) is 50.6. The Morgan fingerprint density at radius 2 is 0.821 bits per heavy atom. The van der Waals surface area contributed by atoms with E-state index in [1.165, 1.54) is 70.6 Å². The lowest BCUT2D eigenvalue weighted by Gasteiger charge is -2.48. The van der Waals surface area contributed by atoms with Crippen LogP contribution in [0.4, 0.5) is 0 Å². The molecule has 3 aliphatic heterocycles. The molecule has 3 heterocycles. The predicted molar refractivity (Wildman–Crippen MR) is 323 cm³/mol. The van der Waals surface area contributed by atoms with Crippen LogP contribution in [0, 0.1) is 0 Å². The molecular formula is C65H111NO18. The summed E-state index contributed by atoms with van der Waals surface area (Å²) in [5.41, 5.74) is 0. The molecule has 0 saturated carbocycles. The first-order valence-corrected chi connectivity index (χ1v) is 31.8. The summed E-state index contributed by atoms with van der Waals surface area (Å²) in [6.07, 6.45) is 31.2. The minimum Gasteiger partial charge on any atom is -0.394 e. The number of nitrogens with one attached hydrogen (secondary N) is 1. The molecule has 17 atom stereocenters. The van der Waals surface area contributed by atoms with Crippen LogP contribution in [0.3, 0.4) is 0 Å². The highest BCUT2D eigenvalue weighted by Gasteiger charge is 2.53. The van der Waals surface area contributed by atoms with Gasteiger partial charge < -0.3 is 89.9 Å². The van der Waals surface area contributed by atoms with E-state index in [1.807, 2.05) is 6.08 Å². The van der Waals surface area contributed by atoms with Gasteiger partial charge in [0.05, 0.1) is 38.6 Å². The first kappa shape index (κ1) is 75.2. The number of allylic oxidation sites excluding steroid dienone is 13. The Bertz CT molecular complexity index is 1860. The first-order chi connectivity index (χ1) is 40.8. The van der Waals surface area contributed by atoms with Crippen molar-refractivity contribution in [3.8, 4) is 0 Å². The fraction of sp³-hybridized carbons (Fsp3) is 0.769. The summed E-state index contributed by atoms with van der Waals surface area (Å²) in [5, 5.41) is 120. The van der Waals surface area contributed by atoms with Crippen molar-refractivity contribution < 1.29 is 89.4 Å². The Balaban J connectivity index is 1.49. The third-order valence-corrected chi connectivity index (χ3v) is 15.4. The van der Waals surface area contributed by atoms with Gasteiger partial charge >= 0.3 is 0 Å². The van der Waals surface area contributed by atoms with Crippen LogP contribution in [0.25, 0.3) is 0 Å². The quantitative estimate of drug-likeness (QED) is 0.0221. The average molecular weight is 1190 g/mol. The van der Waals surface area contributed by atoms with Gasteiger partial charge in [0, 0.05) is 6.42 Å². The van der Waals surface area contributed by atoms with Crippen LogP contribution >= 0.6 is 0 Å². The first-order valence-electron chi connectivity index (χ1n) is 31.8. The summed E-state index contributed by atoms with van der Waals surface area (Å²) >= 11 is 0. The second-order valence-electron chi connectivity index (χ2n) is 22.5. The van der Waals surface area contributed by atoms with E-state index in [-0.39, 0.29) is 18.9 Å². The third-order valence-electron chi connectivity index (χ3n) is 15.4. The largest absolute Gasteiger partial charge is 0.394 e. The molecule has 3 saturated heterocycles. The van der Waals surface area contributed by atoms with Crippen molar-refractivity contribution in [3.05, 3.63) is 85.1 Å². The second-order valence-corrected chi connectivity index (χ2v) is 22.5. The Hall–Kier alpha value is -3.03. The van der Waals surface area contributed by atoms with Crippen LogP contribution in [0.1, 0.15) is 187 Å². The lowest BCUT2D eigenvalue weighted by atomic mass is 9.96. The molecule has 0 radical (unpaired) electrons. The standard InChI is InChI=1S/C65H111NO18/c1-3-5-7-9-11-13-15-17-19-21-22-23-24-25-26-27-29-31-33-35-37-39-41-43-53(71)66-48(49(70)42-40-38-36-34-32-30-28-20-18-16-14-12-10-8-6-4-2)47-79-63-59(77)56(74)61(51(45-68)81-63)84-65-60(78)57(75)62(52(46-69)82-65)83-64-58(76)55(73)54(72)50(44-67)80-64/h5,7,11,13,17,19,22-23,25-26,29,31,40,42,48-52,54-65,67-70,72-78H,3-4,6,8-10,12,14-16,18,20-21,24,27-28,30,32-39,41,43-47H2,1-2H3,(H,66,71)/b7-5-,13-11-,19-17-,23-22-,26-25-,31-29-,42-40+. The number of hydrogen-bond acceptors (Lipinski definition) is 18. The van der Waals surface area contributed by atoms with Crippen molar-refractivity contribution in [3.63, 3.8) is 0 Å². The molecule has 19 nitrogen and oxygen atoms in total. The number of ether oxygens (including phenoxy) is 6. The van der Waals surface area contributed by atoms with Crippen molar-refractivity contribution in [2.45, 2.75) is 291 Å². The lowest BCUT2D eigenvalue weighted by molar-refractivity contribution is -0.379. The monoisotopic (exact) mass is 1190 g/mol. The van der Waals surface area contributed by atoms with E-state index in [4.69, 9.17) is 28.4 Å². The molecule has 12 N–H and O–H groups in total. The molecular weight excluding hydrogens is 1080 g/mol. The van der Waals surface area contributed by atoms with E-state index in [1.54, 1.807) is 6.08 Å². The topological polar surface area (TPSA) is 307 Å². The van der Waals surface area contributed by atoms with Crippen molar-refractivity contribution in [2.75, 3.05) is 26.4 Å². The molecule has 3 rings (SSSR count). The minimum absolute atomic E-state index is 0.209. The Morgan fingerprint density at radius 1 is 0.440 bits per heavy atom. The van der Waals surface area contributed by atoms with E-state index < -0.39 is 124 Å². The maximum Gasteiger partial charge on any atom is 0.220 e. The van der Waals surface area contributed by atoms with Gasteiger partial charge in [-0.1, -0.05) is 195 Å². The fourth-order valence-corrected chi connectivity index (χ4v) is 10.3. The van der Waals surface area contributed by atoms with Gasteiger partial charge in [-0.2, -0.15) is 0 Å². The molecule has 0 bridgehead atoms. The molecule has 19 heteroatoms. The van der Waals surface area contributed by atoms with Crippen molar-refractivity contribution in [2.24, 2.45) is 0 Å². The molecule has 84 heavy (non-hydrogen) atoms. The molecule has 0 spiro atoms. The number of rotatable bonds is 46. The average Bonchev–Trinajstić information content (AvgIpc) is 3.69. The molecule has 3 aliphatic rings. The smallest absolute Gasteiger partial charge is 0.220 e. The van der Waals surface area contributed by atoms with Gasteiger partial charge in [0.2, 0.25) is 5.91 Å². The molecule has 0 aromatic heterocycles. The van der Waals surface area contributed by atoms with Crippen molar-refractivity contribution >= 4 is 5.91 Å². The lowest BCUT2D eigenvalue weighted by Crippen LogP contribution is -2.66. The van der Waals surface area contributed by atoms with E-state index in [0.717, 1.165) is 89.9 Å². The van der Waals surface area contributed by atoms with E-state index >= 15 is 0 Å². The van der Waals surface area contributed by atoms with Gasteiger partial charge in [-0.05, 0) is 70.6 Å². The molecule has 0 aliphatic carbocycles. The number of amides is 1. The summed E-state index contributed by atoms with van der Waals surface area (Å²) in [5.74, 6) is -0.304. The van der Waals surface area contributed by atoms with E-state index in [2.05, 4.69) is 92.1 Å². The van der Waals surface area contributed by atoms with Gasteiger partial charge in [-0.25, -0.2) is 0 Å². The van der Waals surface area contributed by atoms with Crippen molar-refractivity contribution in [1.29, 1.82) is 0 Å². The molecule has 484 valence electrons. The van der Waals surface area contributed by atoms with Gasteiger partial charge in [0.15, 0.2) is 18.9 Å². The van der Waals surface area contributed by atoms with E-state index in [0.29, 0.717) is 6.42 Å². The van der Waals surface area contributed by atoms with Crippen LogP contribution in [0.5, 0.6) is 0 Å².